The summed E-state index contributed by atoms with van der Waals surface area (Å²) in [5.74, 6) is 0.840. The van der Waals surface area contributed by atoms with E-state index in [0.717, 1.165) is 22.1 Å². The van der Waals surface area contributed by atoms with Gasteiger partial charge in [-0.15, -0.1) is 0 Å². The molecule has 1 fully saturated rings. The fourth-order valence-electron chi connectivity index (χ4n) is 3.40. The van der Waals surface area contributed by atoms with Crippen LogP contribution in [0, 0.1) is 15.3 Å². The van der Waals surface area contributed by atoms with Crippen LogP contribution >= 0.6 is 22.6 Å². The summed E-state index contributed by atoms with van der Waals surface area (Å²) in [6.07, 6.45) is 2.91. The molecule has 3 aromatic rings. The van der Waals surface area contributed by atoms with Crippen LogP contribution in [0.3, 0.4) is 0 Å². The molecule has 0 bridgehead atoms. The van der Waals surface area contributed by atoms with E-state index in [1.54, 1.807) is 10.7 Å². The molecule has 0 N–H and O–H groups in total. The maximum atomic E-state index is 14.0. The fraction of sp³-hybridized carbons (Fsp3) is 0.368. The van der Waals surface area contributed by atoms with Gasteiger partial charge in [0.1, 0.15) is 24.0 Å². The standard InChI is InChI=1S/C19H18F3IN4O/c1-26(17-6-7-27-19(25-17)14(23)9-24-27)18(11-2-3-11)13-8-12(20)4-5-15(13)28-10-16(21)22/h4-9,11,16,18H,2-3,10H2,1H3. The number of alkyl halides is 2. The molecule has 1 saturated carbocycles. The first-order valence-electron chi connectivity index (χ1n) is 8.87. The molecule has 1 aromatic carbocycles. The van der Waals surface area contributed by atoms with Crippen LogP contribution in [0.5, 0.6) is 5.75 Å². The van der Waals surface area contributed by atoms with Crippen molar-refractivity contribution in [2.75, 3.05) is 18.6 Å². The normalized spacial score (nSPS) is 15.2. The van der Waals surface area contributed by atoms with Gasteiger partial charge in [0.25, 0.3) is 6.43 Å². The second-order valence-electron chi connectivity index (χ2n) is 6.82. The summed E-state index contributed by atoms with van der Waals surface area (Å²) in [5, 5.41) is 4.22. The van der Waals surface area contributed by atoms with Crippen LogP contribution in [0.1, 0.15) is 24.4 Å². The van der Waals surface area contributed by atoms with E-state index >= 15 is 0 Å². The molecular formula is C19H18F3IN4O. The third-order valence-electron chi connectivity index (χ3n) is 4.81. The van der Waals surface area contributed by atoms with Gasteiger partial charge >= 0.3 is 0 Å². The average molecular weight is 502 g/mol. The van der Waals surface area contributed by atoms with E-state index in [1.165, 1.54) is 18.2 Å². The molecule has 4 rings (SSSR count). The van der Waals surface area contributed by atoms with E-state index in [-0.39, 0.29) is 17.7 Å². The SMILES string of the molecule is CN(c1ccn2ncc(I)c2n1)C(c1cc(F)ccc1OCC(F)F)C1CC1. The molecule has 1 aliphatic carbocycles. The number of ether oxygens (including phenoxy) is 1. The number of benzene rings is 1. The largest absolute Gasteiger partial charge is 0.487 e. The number of rotatable bonds is 7. The third-order valence-corrected chi connectivity index (χ3v) is 5.57. The summed E-state index contributed by atoms with van der Waals surface area (Å²) in [6.45, 7) is -0.724. The lowest BCUT2D eigenvalue weighted by molar-refractivity contribution is 0.0811. The maximum Gasteiger partial charge on any atom is 0.272 e. The molecule has 0 radical (unpaired) electrons. The maximum absolute atomic E-state index is 14.0. The highest BCUT2D eigenvalue weighted by atomic mass is 127. The van der Waals surface area contributed by atoms with Crippen molar-refractivity contribution in [3.63, 3.8) is 0 Å². The zero-order valence-corrected chi connectivity index (χ0v) is 17.2. The number of halogens is 4. The first kappa shape index (κ1) is 19.3. The molecule has 28 heavy (non-hydrogen) atoms. The molecule has 1 unspecified atom stereocenters. The van der Waals surface area contributed by atoms with Gasteiger partial charge in [-0.2, -0.15) is 5.10 Å². The van der Waals surface area contributed by atoms with E-state index in [2.05, 4.69) is 32.7 Å². The second kappa shape index (κ2) is 7.76. The molecule has 1 atom stereocenters. The molecule has 0 amide bonds. The van der Waals surface area contributed by atoms with Gasteiger partial charge in [0.15, 0.2) is 5.65 Å². The Morgan fingerprint density at radius 3 is 2.82 bits per heavy atom. The van der Waals surface area contributed by atoms with Crippen LogP contribution in [-0.2, 0) is 0 Å². The van der Waals surface area contributed by atoms with Crippen molar-refractivity contribution >= 4 is 34.1 Å². The number of nitrogens with zero attached hydrogens (tertiary/aromatic N) is 4. The molecule has 0 aliphatic heterocycles. The summed E-state index contributed by atoms with van der Waals surface area (Å²) in [4.78, 5) is 6.64. The van der Waals surface area contributed by atoms with Crippen LogP contribution in [0.15, 0.2) is 36.7 Å². The Hall–Kier alpha value is -2.04. The fourth-order valence-corrected chi connectivity index (χ4v) is 3.89. The first-order chi connectivity index (χ1) is 13.4. The highest BCUT2D eigenvalue weighted by Gasteiger charge is 2.37. The zero-order chi connectivity index (χ0) is 19.8. The predicted octanol–water partition coefficient (Wildman–Crippen LogP) is 4.70. The Balaban J connectivity index is 1.72. The molecule has 9 heteroatoms. The lowest BCUT2D eigenvalue weighted by Gasteiger charge is -2.31. The van der Waals surface area contributed by atoms with Gasteiger partial charge in [-0.1, -0.05) is 0 Å². The molecular weight excluding hydrogens is 484 g/mol. The van der Waals surface area contributed by atoms with Gasteiger partial charge in [0.2, 0.25) is 0 Å². The van der Waals surface area contributed by atoms with E-state index < -0.39 is 18.8 Å². The molecule has 0 saturated heterocycles. The van der Waals surface area contributed by atoms with Crippen LogP contribution in [0.4, 0.5) is 19.0 Å². The van der Waals surface area contributed by atoms with Crippen LogP contribution in [0.25, 0.3) is 5.65 Å². The number of hydrogen-bond acceptors (Lipinski definition) is 4. The smallest absolute Gasteiger partial charge is 0.272 e. The van der Waals surface area contributed by atoms with Gasteiger partial charge in [0.05, 0.1) is 15.8 Å². The summed E-state index contributed by atoms with van der Waals surface area (Å²) in [6, 6.07) is 5.64. The third kappa shape index (κ3) is 3.89. The van der Waals surface area contributed by atoms with Crippen molar-refractivity contribution < 1.29 is 17.9 Å². The Kier molecular flexibility index (Phi) is 5.35. The molecule has 0 spiro atoms. The van der Waals surface area contributed by atoms with E-state index in [1.807, 2.05) is 24.2 Å². The number of fused-ring (bicyclic) bond motifs is 1. The van der Waals surface area contributed by atoms with E-state index in [4.69, 9.17) is 4.74 Å². The van der Waals surface area contributed by atoms with Crippen LogP contribution < -0.4 is 9.64 Å². The monoisotopic (exact) mass is 502 g/mol. The Labute approximate surface area is 173 Å². The topological polar surface area (TPSA) is 42.7 Å². The number of aromatic nitrogens is 3. The van der Waals surface area contributed by atoms with Crippen LogP contribution in [0.2, 0.25) is 0 Å². The van der Waals surface area contributed by atoms with Crippen molar-refractivity contribution in [2.24, 2.45) is 5.92 Å². The molecule has 2 aromatic heterocycles. The Morgan fingerprint density at radius 1 is 1.32 bits per heavy atom. The van der Waals surface area contributed by atoms with Crippen molar-refractivity contribution in [2.45, 2.75) is 25.3 Å². The first-order valence-corrected chi connectivity index (χ1v) is 9.95. The quantitative estimate of drug-likeness (QED) is 0.440. The summed E-state index contributed by atoms with van der Waals surface area (Å²) < 4.78 is 47.2. The minimum absolute atomic E-state index is 0.223. The highest BCUT2D eigenvalue weighted by molar-refractivity contribution is 14.1. The molecule has 1 aliphatic rings. The van der Waals surface area contributed by atoms with Crippen molar-refractivity contribution in [3.8, 4) is 5.75 Å². The molecule has 5 nitrogen and oxygen atoms in total. The van der Waals surface area contributed by atoms with Crippen molar-refractivity contribution in [3.05, 3.63) is 51.6 Å². The predicted molar refractivity (Wildman–Crippen MR) is 107 cm³/mol. The lowest BCUT2D eigenvalue weighted by atomic mass is 9.99. The second-order valence-corrected chi connectivity index (χ2v) is 7.99. The minimum Gasteiger partial charge on any atom is -0.487 e. The number of hydrogen-bond donors (Lipinski definition) is 0. The summed E-state index contributed by atoms with van der Waals surface area (Å²) in [5.41, 5.74) is 1.29. The average Bonchev–Trinajstić information content (AvgIpc) is 3.43. The molecule has 148 valence electrons. The van der Waals surface area contributed by atoms with Gasteiger partial charge in [-0.25, -0.2) is 22.7 Å². The highest BCUT2D eigenvalue weighted by Crippen LogP contribution is 2.47. The lowest BCUT2D eigenvalue weighted by Crippen LogP contribution is -2.27. The van der Waals surface area contributed by atoms with Gasteiger partial charge in [-0.05, 0) is 65.6 Å². The van der Waals surface area contributed by atoms with Gasteiger partial charge in [-0.3, -0.25) is 0 Å². The zero-order valence-electron chi connectivity index (χ0n) is 15.0. The van der Waals surface area contributed by atoms with Crippen LogP contribution in [-0.4, -0.2) is 34.7 Å². The Bertz CT molecular complexity index is 992. The van der Waals surface area contributed by atoms with E-state index in [0.29, 0.717) is 11.4 Å². The minimum atomic E-state index is -2.59. The summed E-state index contributed by atoms with van der Waals surface area (Å²) in [7, 11) is 1.88. The number of anilines is 1. The van der Waals surface area contributed by atoms with Crippen molar-refractivity contribution in [1.82, 2.24) is 14.6 Å². The summed E-state index contributed by atoms with van der Waals surface area (Å²) >= 11 is 2.17. The Morgan fingerprint density at radius 2 is 2.11 bits per heavy atom. The van der Waals surface area contributed by atoms with E-state index in [9.17, 15) is 13.2 Å². The van der Waals surface area contributed by atoms with Gasteiger partial charge < -0.3 is 9.64 Å². The van der Waals surface area contributed by atoms with Crippen molar-refractivity contribution in [1.29, 1.82) is 0 Å². The molecule has 2 heterocycles. The van der Waals surface area contributed by atoms with Gasteiger partial charge in [0, 0.05) is 18.8 Å².